The summed E-state index contributed by atoms with van der Waals surface area (Å²) in [5.41, 5.74) is 2.22. The Labute approximate surface area is 32.7 Å². The van der Waals surface area contributed by atoms with E-state index in [1.165, 1.54) is 0 Å². The monoisotopic (exact) mass is 88.0 g/mol. The SMILES string of the molecule is C#C[Si]Cl. The maximum absolute atomic E-state index is 4.98. The van der Waals surface area contributed by atoms with E-state index in [1.807, 2.05) is 0 Å². The molecule has 0 aromatic heterocycles. The second-order valence-electron chi connectivity index (χ2n) is 0.239. The molecule has 0 bridgehead atoms. The summed E-state index contributed by atoms with van der Waals surface area (Å²) in [6, 6.07) is 0. The van der Waals surface area contributed by atoms with Crippen molar-refractivity contribution in [3.05, 3.63) is 0 Å². The molecule has 0 aliphatic rings. The molecule has 20 valence electrons. The minimum atomic E-state index is 0.140. The molecule has 2 heteroatoms. The third-order valence-electron chi connectivity index (χ3n) is 0.0546. The summed E-state index contributed by atoms with van der Waals surface area (Å²) in [7, 11) is 0.140. The molecule has 0 aromatic rings. The van der Waals surface area contributed by atoms with E-state index in [9.17, 15) is 0 Å². The summed E-state index contributed by atoms with van der Waals surface area (Å²) in [6.45, 7) is 0. The molecule has 0 nitrogen and oxygen atoms in total. The second-order valence-corrected chi connectivity index (χ2v) is 1.28. The minimum absolute atomic E-state index is 0.140. The first kappa shape index (κ1) is 4.07. The zero-order valence-electron chi connectivity index (χ0n) is 1.96. The highest BCUT2D eigenvalue weighted by Gasteiger charge is 1.55. The van der Waals surface area contributed by atoms with Gasteiger partial charge in [0.05, 0.1) is 0 Å². The zero-order chi connectivity index (χ0) is 3.41. The highest BCUT2D eigenvalue weighted by Crippen LogP contribution is 1.54. The first-order valence-electron chi connectivity index (χ1n) is 0.728. The van der Waals surface area contributed by atoms with Crippen molar-refractivity contribution in [3.63, 3.8) is 0 Å². The molecule has 4 heavy (non-hydrogen) atoms. The summed E-state index contributed by atoms with van der Waals surface area (Å²) < 4.78 is 0. The van der Waals surface area contributed by atoms with E-state index in [0.29, 0.717) is 0 Å². The molecule has 0 amide bonds. The molecule has 0 aliphatic carbocycles. The lowest BCUT2D eigenvalue weighted by Gasteiger charge is -1.44. The van der Waals surface area contributed by atoms with Gasteiger partial charge in [-0.05, 0) is 0 Å². The lowest BCUT2D eigenvalue weighted by Crippen LogP contribution is -1.56. The van der Waals surface area contributed by atoms with Gasteiger partial charge in [0.2, 0.25) is 0 Å². The minimum Gasteiger partial charge on any atom is -0.152 e. The van der Waals surface area contributed by atoms with Gasteiger partial charge in [0.15, 0.2) is 0 Å². The fraction of sp³-hybridized carbons (Fsp3) is 0. The van der Waals surface area contributed by atoms with E-state index in [-0.39, 0.29) is 8.83 Å². The largest absolute Gasteiger partial charge is 0.272 e. The quantitative estimate of drug-likeness (QED) is 0.229. The molecular formula is C2HClSi. The van der Waals surface area contributed by atoms with Crippen LogP contribution in [-0.2, 0) is 0 Å². The average Bonchev–Trinajstić information content (AvgIpc) is 1.37. The Hall–Kier alpha value is 0.0669. The van der Waals surface area contributed by atoms with Crippen LogP contribution in [-0.4, -0.2) is 8.83 Å². The smallest absolute Gasteiger partial charge is 0.152 e. The second kappa shape index (κ2) is 3.07. The highest BCUT2D eigenvalue weighted by molar-refractivity contribution is 6.98. The van der Waals surface area contributed by atoms with Crippen LogP contribution in [0.5, 0.6) is 0 Å². The van der Waals surface area contributed by atoms with Crippen molar-refractivity contribution in [2.75, 3.05) is 0 Å². The van der Waals surface area contributed by atoms with Crippen molar-refractivity contribution in [3.8, 4) is 12.0 Å². The number of rotatable bonds is 0. The average molecular weight is 88.6 g/mol. The van der Waals surface area contributed by atoms with Crippen LogP contribution in [0.15, 0.2) is 0 Å². The van der Waals surface area contributed by atoms with E-state index in [0.717, 1.165) is 0 Å². The molecule has 0 unspecified atom stereocenters. The Morgan fingerprint density at radius 3 is 2.25 bits per heavy atom. The van der Waals surface area contributed by atoms with Gasteiger partial charge in [-0.15, -0.1) is 12.0 Å². The van der Waals surface area contributed by atoms with E-state index in [2.05, 4.69) is 12.0 Å². The zero-order valence-corrected chi connectivity index (χ0v) is 3.71. The number of hydrogen-bond donors (Lipinski definition) is 0. The topological polar surface area (TPSA) is 0 Å². The van der Waals surface area contributed by atoms with Crippen LogP contribution in [0.4, 0.5) is 0 Å². The standard InChI is InChI=1S/C2HClSi/c1-2-4-3/h1H. The Morgan fingerprint density at radius 1 is 2.00 bits per heavy atom. The number of hydrogen-bond acceptors (Lipinski definition) is 0. The lowest BCUT2D eigenvalue weighted by molar-refractivity contribution is 3.06. The lowest BCUT2D eigenvalue weighted by atomic mass is 11.4. The third-order valence-corrected chi connectivity index (χ3v) is 0.491. The van der Waals surface area contributed by atoms with Crippen LogP contribution in [0, 0.1) is 12.0 Å². The molecule has 0 heterocycles. The Balaban J connectivity index is 2.43. The first-order valence-corrected chi connectivity index (χ1v) is 2.74. The fourth-order valence-electron chi connectivity index (χ4n) is 0. The van der Waals surface area contributed by atoms with Gasteiger partial charge in [-0.3, -0.25) is 0 Å². The Bertz CT molecular complexity index is 35.8. The van der Waals surface area contributed by atoms with E-state index < -0.39 is 0 Å². The van der Waals surface area contributed by atoms with Crippen molar-refractivity contribution in [1.82, 2.24) is 0 Å². The van der Waals surface area contributed by atoms with Crippen LogP contribution in [0.25, 0.3) is 0 Å². The summed E-state index contributed by atoms with van der Waals surface area (Å²) in [5.74, 6) is 0. The molecule has 0 saturated heterocycles. The molecule has 0 aromatic carbocycles. The van der Waals surface area contributed by atoms with Crippen molar-refractivity contribution in [2.45, 2.75) is 0 Å². The number of terminal acetylenes is 1. The van der Waals surface area contributed by atoms with E-state index >= 15 is 0 Å². The summed E-state index contributed by atoms with van der Waals surface area (Å²) in [4.78, 5) is 0. The maximum Gasteiger partial charge on any atom is 0.272 e. The van der Waals surface area contributed by atoms with Crippen LogP contribution in [0.3, 0.4) is 0 Å². The molecule has 0 fully saturated rings. The molecular weight excluding hydrogens is 87.6 g/mol. The molecule has 0 rings (SSSR count). The maximum atomic E-state index is 4.98. The Morgan fingerprint density at radius 2 is 2.25 bits per heavy atom. The normalized spacial score (nSPS) is 5.00. The molecule has 0 saturated carbocycles. The van der Waals surface area contributed by atoms with Gasteiger partial charge < -0.3 is 0 Å². The van der Waals surface area contributed by atoms with Crippen LogP contribution >= 0.6 is 11.1 Å². The molecule has 2 radical (unpaired) electrons. The molecule has 0 atom stereocenters. The summed E-state index contributed by atoms with van der Waals surface area (Å²) >= 11 is 4.98. The van der Waals surface area contributed by atoms with Crippen molar-refractivity contribution >= 4 is 19.9 Å². The predicted octanol–water partition coefficient (Wildman–Crippen LogP) is 0.435. The van der Waals surface area contributed by atoms with Crippen LogP contribution in [0.2, 0.25) is 0 Å². The van der Waals surface area contributed by atoms with Crippen molar-refractivity contribution in [1.29, 1.82) is 0 Å². The van der Waals surface area contributed by atoms with Crippen molar-refractivity contribution in [2.24, 2.45) is 0 Å². The van der Waals surface area contributed by atoms with E-state index in [4.69, 9.17) is 11.1 Å². The van der Waals surface area contributed by atoms with Crippen molar-refractivity contribution < 1.29 is 0 Å². The van der Waals surface area contributed by atoms with Crippen LogP contribution in [0.1, 0.15) is 0 Å². The predicted molar refractivity (Wildman–Crippen MR) is 20.4 cm³/mol. The van der Waals surface area contributed by atoms with Gasteiger partial charge in [-0.25, -0.2) is 0 Å². The summed E-state index contributed by atoms with van der Waals surface area (Å²) in [6.07, 6.45) is 4.66. The van der Waals surface area contributed by atoms with Gasteiger partial charge in [0.1, 0.15) is 0 Å². The van der Waals surface area contributed by atoms with Gasteiger partial charge in [-0.1, -0.05) is 0 Å². The third kappa shape index (κ3) is 2.07. The van der Waals surface area contributed by atoms with Gasteiger partial charge in [-0.2, -0.15) is 11.1 Å². The van der Waals surface area contributed by atoms with Gasteiger partial charge in [0, 0.05) is 0 Å². The molecule has 0 spiro atoms. The van der Waals surface area contributed by atoms with Gasteiger partial charge in [0.25, 0.3) is 8.83 Å². The first-order chi connectivity index (χ1) is 1.91. The summed E-state index contributed by atoms with van der Waals surface area (Å²) in [5, 5.41) is 0. The van der Waals surface area contributed by atoms with Crippen LogP contribution < -0.4 is 0 Å². The molecule has 0 aliphatic heterocycles. The molecule has 0 N–H and O–H groups in total. The highest BCUT2D eigenvalue weighted by atomic mass is 35.6. The number of halogens is 1. The Kier molecular flexibility index (Phi) is 3.12. The fourth-order valence-corrected chi connectivity index (χ4v) is 0. The van der Waals surface area contributed by atoms with Gasteiger partial charge >= 0.3 is 0 Å². The van der Waals surface area contributed by atoms with E-state index in [1.54, 1.807) is 0 Å².